The van der Waals surface area contributed by atoms with E-state index in [-0.39, 0.29) is 18.4 Å². The summed E-state index contributed by atoms with van der Waals surface area (Å²) >= 11 is 0. The van der Waals surface area contributed by atoms with Crippen LogP contribution in [0.3, 0.4) is 0 Å². The van der Waals surface area contributed by atoms with Gasteiger partial charge < -0.3 is 18.9 Å². The number of imidazole rings is 1. The summed E-state index contributed by atoms with van der Waals surface area (Å²) in [5.41, 5.74) is 3.39. The smallest absolute Gasteiger partial charge is 0.257 e. The van der Waals surface area contributed by atoms with E-state index in [4.69, 9.17) is 4.74 Å². The van der Waals surface area contributed by atoms with E-state index in [0.717, 1.165) is 42.8 Å². The van der Waals surface area contributed by atoms with E-state index >= 15 is 0 Å². The average Bonchev–Trinajstić information content (AvgIpc) is 3.13. The maximum Gasteiger partial charge on any atom is 0.257 e. The van der Waals surface area contributed by atoms with Crippen LogP contribution >= 0.6 is 0 Å². The van der Waals surface area contributed by atoms with Gasteiger partial charge in [0.25, 0.3) is 5.91 Å². The minimum absolute atomic E-state index is 0.0325. The molecule has 2 fully saturated rings. The topological polar surface area (TPSA) is 70.4 Å². The van der Waals surface area contributed by atoms with Crippen LogP contribution in [0.15, 0.2) is 48.8 Å². The average molecular weight is 490 g/mol. The summed E-state index contributed by atoms with van der Waals surface area (Å²) in [6.07, 6.45) is 8.57. The number of carbonyl (C=O) groups excluding carboxylic acids is 2. The zero-order chi connectivity index (χ0) is 24.9. The fourth-order valence-electron chi connectivity index (χ4n) is 5.09. The van der Waals surface area contributed by atoms with E-state index in [2.05, 4.69) is 9.88 Å². The van der Waals surface area contributed by atoms with Crippen LogP contribution in [0, 0.1) is 6.92 Å². The highest BCUT2D eigenvalue weighted by Crippen LogP contribution is 2.22. The number of carbonyl (C=O) groups is 2. The lowest BCUT2D eigenvalue weighted by atomic mass is 10.1. The minimum atomic E-state index is -0.0325. The Balaban J connectivity index is 1.17. The van der Waals surface area contributed by atoms with Gasteiger partial charge in [-0.3, -0.25) is 14.5 Å². The van der Waals surface area contributed by atoms with Gasteiger partial charge in [-0.2, -0.15) is 0 Å². The summed E-state index contributed by atoms with van der Waals surface area (Å²) in [6, 6.07) is 11.4. The van der Waals surface area contributed by atoms with Gasteiger partial charge in [0.05, 0.1) is 17.8 Å². The van der Waals surface area contributed by atoms with Gasteiger partial charge in [0.2, 0.25) is 5.91 Å². The summed E-state index contributed by atoms with van der Waals surface area (Å²) in [4.78, 5) is 36.8. The van der Waals surface area contributed by atoms with Crippen molar-refractivity contribution in [1.29, 1.82) is 0 Å². The largest absolute Gasteiger partial charge is 0.486 e. The van der Waals surface area contributed by atoms with Crippen LogP contribution in [-0.2, 0) is 11.4 Å². The monoisotopic (exact) mass is 489 g/mol. The van der Waals surface area contributed by atoms with E-state index in [9.17, 15) is 9.59 Å². The second-order valence-corrected chi connectivity index (χ2v) is 9.80. The van der Waals surface area contributed by atoms with E-state index in [1.807, 2.05) is 69.9 Å². The van der Waals surface area contributed by atoms with Crippen LogP contribution in [0.25, 0.3) is 5.65 Å². The zero-order valence-corrected chi connectivity index (χ0v) is 21.1. The number of piperazine rings is 1. The molecule has 0 unspecified atom stereocenters. The molecule has 2 saturated heterocycles. The molecular weight excluding hydrogens is 454 g/mol. The van der Waals surface area contributed by atoms with Crippen LogP contribution in [0.2, 0.25) is 0 Å². The maximum atomic E-state index is 13.4. The molecule has 0 N–H and O–H groups in total. The molecule has 5 rings (SSSR count). The predicted molar refractivity (Wildman–Crippen MR) is 138 cm³/mol. The predicted octanol–water partition coefficient (Wildman–Crippen LogP) is 3.38. The van der Waals surface area contributed by atoms with Crippen molar-refractivity contribution in [3.8, 4) is 5.75 Å². The number of rotatable bonds is 6. The van der Waals surface area contributed by atoms with Crippen molar-refractivity contribution < 1.29 is 14.3 Å². The van der Waals surface area contributed by atoms with E-state index in [1.165, 1.54) is 12.8 Å². The standard InChI is InChI=1S/C28H35N5O3/c1-22-9-8-14-33-19-23(29-27(22)33)21-36-25-11-5-4-10-24(25)28(35)32-17-15-30(16-18-32)20-26(34)31-12-6-2-3-7-13-31/h4-5,8-11,14,19H,2-3,6-7,12-13,15-18,20-21H2,1H3. The molecule has 0 radical (unpaired) electrons. The Hall–Kier alpha value is -3.39. The Bertz CT molecular complexity index is 1210. The van der Waals surface area contributed by atoms with Gasteiger partial charge in [-0.05, 0) is 43.5 Å². The number of para-hydroxylation sites is 1. The quantitative estimate of drug-likeness (QED) is 0.531. The Morgan fingerprint density at radius 1 is 0.889 bits per heavy atom. The molecule has 36 heavy (non-hydrogen) atoms. The number of hydrogen-bond acceptors (Lipinski definition) is 5. The van der Waals surface area contributed by atoms with Gasteiger partial charge >= 0.3 is 0 Å². The fraction of sp³-hybridized carbons (Fsp3) is 0.464. The first-order chi connectivity index (χ1) is 17.6. The van der Waals surface area contributed by atoms with Gasteiger partial charge in [-0.25, -0.2) is 4.98 Å². The maximum absolute atomic E-state index is 13.4. The lowest BCUT2D eigenvalue weighted by Crippen LogP contribution is -2.51. The molecule has 2 amide bonds. The van der Waals surface area contributed by atoms with Crippen molar-refractivity contribution >= 4 is 17.5 Å². The molecule has 3 aromatic rings. The minimum Gasteiger partial charge on any atom is -0.486 e. The molecule has 0 atom stereocenters. The number of benzene rings is 1. The van der Waals surface area contributed by atoms with E-state index < -0.39 is 0 Å². The van der Waals surface area contributed by atoms with Crippen molar-refractivity contribution in [2.45, 2.75) is 39.2 Å². The second kappa shape index (κ2) is 11.1. The van der Waals surface area contributed by atoms with Crippen LogP contribution in [0.4, 0.5) is 0 Å². The first-order valence-corrected chi connectivity index (χ1v) is 13.0. The first kappa shape index (κ1) is 24.3. The highest BCUT2D eigenvalue weighted by Gasteiger charge is 2.26. The van der Waals surface area contributed by atoms with E-state index in [0.29, 0.717) is 44.0 Å². The summed E-state index contributed by atoms with van der Waals surface area (Å²) in [5.74, 6) is 0.752. The zero-order valence-electron chi connectivity index (χ0n) is 21.1. The molecule has 0 saturated carbocycles. The fourth-order valence-corrected chi connectivity index (χ4v) is 5.09. The number of amides is 2. The number of aromatic nitrogens is 2. The van der Waals surface area contributed by atoms with Gasteiger partial charge in [0.15, 0.2) is 0 Å². The van der Waals surface area contributed by atoms with Gasteiger partial charge in [0.1, 0.15) is 18.0 Å². The van der Waals surface area contributed by atoms with Crippen molar-refractivity contribution in [3.05, 3.63) is 65.6 Å². The molecule has 2 aliphatic heterocycles. The molecular formula is C28H35N5O3. The number of nitrogens with zero attached hydrogens (tertiary/aromatic N) is 5. The normalized spacial score (nSPS) is 17.2. The Kier molecular flexibility index (Phi) is 7.51. The lowest BCUT2D eigenvalue weighted by molar-refractivity contribution is -0.132. The van der Waals surface area contributed by atoms with E-state index in [1.54, 1.807) is 0 Å². The summed E-state index contributed by atoms with van der Waals surface area (Å²) in [6.45, 7) is 7.14. The number of aryl methyl sites for hydroxylation is 1. The second-order valence-electron chi connectivity index (χ2n) is 9.80. The number of ether oxygens (including phenoxy) is 1. The number of fused-ring (bicyclic) bond motifs is 1. The van der Waals surface area contributed by atoms with Crippen LogP contribution in [0.5, 0.6) is 5.75 Å². The molecule has 2 aliphatic rings. The molecule has 8 heteroatoms. The molecule has 0 spiro atoms. The molecule has 8 nitrogen and oxygen atoms in total. The van der Waals surface area contributed by atoms with Crippen LogP contribution in [-0.4, -0.2) is 81.7 Å². The molecule has 190 valence electrons. The highest BCUT2D eigenvalue weighted by atomic mass is 16.5. The molecule has 0 bridgehead atoms. The van der Waals surface area contributed by atoms with Gasteiger partial charge in [0, 0.05) is 51.7 Å². The first-order valence-electron chi connectivity index (χ1n) is 13.0. The SMILES string of the molecule is Cc1cccn2cc(COc3ccccc3C(=O)N3CCN(CC(=O)N4CCCCCC4)CC3)nc12. The van der Waals surface area contributed by atoms with Crippen LogP contribution in [0.1, 0.15) is 47.3 Å². The van der Waals surface area contributed by atoms with Gasteiger partial charge in [-0.15, -0.1) is 0 Å². The third kappa shape index (κ3) is 5.54. The third-order valence-electron chi connectivity index (χ3n) is 7.20. The summed E-state index contributed by atoms with van der Waals surface area (Å²) < 4.78 is 8.06. The molecule has 2 aromatic heterocycles. The Labute approximate surface area is 212 Å². The van der Waals surface area contributed by atoms with Crippen molar-refractivity contribution in [2.24, 2.45) is 0 Å². The molecule has 4 heterocycles. The number of hydrogen-bond donors (Lipinski definition) is 0. The third-order valence-corrected chi connectivity index (χ3v) is 7.20. The number of likely N-dealkylation sites (tertiary alicyclic amines) is 1. The Morgan fingerprint density at radius 2 is 1.64 bits per heavy atom. The van der Waals surface area contributed by atoms with Crippen molar-refractivity contribution in [1.82, 2.24) is 24.1 Å². The Morgan fingerprint density at radius 3 is 2.39 bits per heavy atom. The van der Waals surface area contributed by atoms with Crippen molar-refractivity contribution in [2.75, 3.05) is 45.8 Å². The summed E-state index contributed by atoms with van der Waals surface area (Å²) in [7, 11) is 0. The molecule has 1 aromatic carbocycles. The summed E-state index contributed by atoms with van der Waals surface area (Å²) in [5, 5.41) is 0. The van der Waals surface area contributed by atoms with Crippen LogP contribution < -0.4 is 4.74 Å². The lowest BCUT2D eigenvalue weighted by Gasteiger charge is -2.35. The van der Waals surface area contributed by atoms with Crippen molar-refractivity contribution in [3.63, 3.8) is 0 Å². The highest BCUT2D eigenvalue weighted by molar-refractivity contribution is 5.97. The number of pyridine rings is 1. The van der Waals surface area contributed by atoms with Gasteiger partial charge in [-0.1, -0.05) is 31.0 Å². The molecule has 0 aliphatic carbocycles.